The number of aromatic nitrogens is 1. The molecule has 94 valence electrons. The topological polar surface area (TPSA) is 28.2 Å². The van der Waals surface area contributed by atoms with Gasteiger partial charge in [-0.3, -0.25) is 0 Å². The molecule has 0 atom stereocenters. The summed E-state index contributed by atoms with van der Waals surface area (Å²) in [7, 11) is 3.97. The predicted molar refractivity (Wildman–Crippen MR) is 76.2 cm³/mol. The van der Waals surface area contributed by atoms with E-state index in [1.807, 2.05) is 20.3 Å². The van der Waals surface area contributed by atoms with Crippen LogP contribution in [-0.4, -0.2) is 19.1 Å². The molecule has 0 aliphatic carbocycles. The van der Waals surface area contributed by atoms with Crippen LogP contribution in [0.5, 0.6) is 0 Å². The van der Waals surface area contributed by atoms with E-state index in [0.29, 0.717) is 0 Å². The molecule has 0 saturated heterocycles. The average Bonchev–Trinajstić information content (AvgIpc) is 2.39. The van der Waals surface area contributed by atoms with E-state index in [4.69, 9.17) is 0 Å². The Morgan fingerprint density at radius 2 is 2.06 bits per heavy atom. The lowest BCUT2D eigenvalue weighted by atomic mass is 10.2. The molecule has 2 rings (SSSR count). The number of aryl methyl sites for hydroxylation is 1. The number of nitrogens with zero attached hydrogens (tertiary/aromatic N) is 2. The molecule has 1 N–H and O–H groups in total. The summed E-state index contributed by atoms with van der Waals surface area (Å²) in [6.45, 7) is 2.95. The van der Waals surface area contributed by atoms with Crippen molar-refractivity contribution in [1.29, 1.82) is 0 Å². The first-order valence-electron chi connectivity index (χ1n) is 6.10. The molecule has 0 aliphatic heterocycles. The fourth-order valence-corrected chi connectivity index (χ4v) is 1.89. The molecule has 1 aromatic carbocycles. The quantitative estimate of drug-likeness (QED) is 0.892. The normalized spacial score (nSPS) is 10.4. The summed E-state index contributed by atoms with van der Waals surface area (Å²) in [5, 5.41) is 3.12. The first kappa shape index (κ1) is 12.6. The molecular weight excluding hydrogens is 222 g/mol. The summed E-state index contributed by atoms with van der Waals surface area (Å²) in [5.74, 6) is 0.959. The second-order valence-electron chi connectivity index (χ2n) is 4.45. The van der Waals surface area contributed by atoms with Crippen molar-refractivity contribution in [3.8, 4) is 0 Å². The third kappa shape index (κ3) is 2.87. The van der Waals surface area contributed by atoms with Gasteiger partial charge in [-0.25, -0.2) is 4.98 Å². The Kier molecular flexibility index (Phi) is 3.95. The van der Waals surface area contributed by atoms with Gasteiger partial charge in [-0.2, -0.15) is 0 Å². The molecule has 2 aromatic rings. The van der Waals surface area contributed by atoms with Crippen molar-refractivity contribution in [3.63, 3.8) is 0 Å². The van der Waals surface area contributed by atoms with E-state index in [1.54, 1.807) is 0 Å². The second kappa shape index (κ2) is 5.65. The van der Waals surface area contributed by atoms with Crippen molar-refractivity contribution in [3.05, 3.63) is 53.7 Å². The van der Waals surface area contributed by atoms with Gasteiger partial charge >= 0.3 is 0 Å². The highest BCUT2D eigenvalue weighted by molar-refractivity contribution is 5.59. The van der Waals surface area contributed by atoms with E-state index in [-0.39, 0.29) is 0 Å². The van der Waals surface area contributed by atoms with Crippen LogP contribution in [0.25, 0.3) is 0 Å². The van der Waals surface area contributed by atoms with Crippen LogP contribution >= 0.6 is 0 Å². The summed E-state index contributed by atoms with van der Waals surface area (Å²) < 4.78 is 0. The van der Waals surface area contributed by atoms with Crippen LogP contribution in [0.1, 0.15) is 11.1 Å². The van der Waals surface area contributed by atoms with Crippen LogP contribution in [0.15, 0.2) is 42.6 Å². The summed E-state index contributed by atoms with van der Waals surface area (Å²) in [6, 6.07) is 12.6. The van der Waals surface area contributed by atoms with Crippen molar-refractivity contribution in [2.24, 2.45) is 0 Å². The molecular formula is C15H19N3. The standard InChI is InChI=1S/C15H19N3/c1-12-5-4-6-14(9-12)18(3)15-8-7-13(10-16-2)11-17-15/h4-9,11,16H,10H2,1-3H3. The van der Waals surface area contributed by atoms with E-state index in [0.717, 1.165) is 18.1 Å². The first-order valence-corrected chi connectivity index (χ1v) is 6.10. The first-order chi connectivity index (χ1) is 8.70. The van der Waals surface area contributed by atoms with Crippen molar-refractivity contribution in [1.82, 2.24) is 10.3 Å². The largest absolute Gasteiger partial charge is 0.329 e. The van der Waals surface area contributed by atoms with Crippen molar-refractivity contribution in [2.45, 2.75) is 13.5 Å². The van der Waals surface area contributed by atoms with Gasteiger partial charge < -0.3 is 10.2 Å². The lowest BCUT2D eigenvalue weighted by molar-refractivity contribution is 0.813. The van der Waals surface area contributed by atoms with Gasteiger partial charge in [0.2, 0.25) is 0 Å². The van der Waals surface area contributed by atoms with Gasteiger partial charge in [0, 0.05) is 25.5 Å². The number of rotatable bonds is 4. The summed E-state index contributed by atoms with van der Waals surface area (Å²) in [4.78, 5) is 6.58. The zero-order chi connectivity index (χ0) is 13.0. The Balaban J connectivity index is 2.20. The smallest absolute Gasteiger partial charge is 0.132 e. The van der Waals surface area contributed by atoms with Crippen molar-refractivity contribution in [2.75, 3.05) is 19.0 Å². The minimum absolute atomic E-state index is 0.849. The number of benzene rings is 1. The number of hydrogen-bond donors (Lipinski definition) is 1. The van der Waals surface area contributed by atoms with Gasteiger partial charge in [0.15, 0.2) is 0 Å². The Hall–Kier alpha value is -1.87. The summed E-state index contributed by atoms with van der Waals surface area (Å²) in [6.07, 6.45) is 1.91. The lowest BCUT2D eigenvalue weighted by Gasteiger charge is -2.19. The highest BCUT2D eigenvalue weighted by Gasteiger charge is 2.05. The highest BCUT2D eigenvalue weighted by atomic mass is 15.2. The van der Waals surface area contributed by atoms with E-state index in [1.165, 1.54) is 11.1 Å². The van der Waals surface area contributed by atoms with Gasteiger partial charge in [0.1, 0.15) is 5.82 Å². The molecule has 0 aliphatic rings. The highest BCUT2D eigenvalue weighted by Crippen LogP contribution is 2.22. The van der Waals surface area contributed by atoms with Crippen molar-refractivity contribution < 1.29 is 0 Å². The molecule has 18 heavy (non-hydrogen) atoms. The molecule has 1 aromatic heterocycles. The number of anilines is 2. The zero-order valence-electron chi connectivity index (χ0n) is 11.1. The molecule has 3 heteroatoms. The van der Waals surface area contributed by atoms with Crippen LogP contribution < -0.4 is 10.2 Å². The van der Waals surface area contributed by atoms with Crippen LogP contribution in [0.4, 0.5) is 11.5 Å². The van der Waals surface area contributed by atoms with Gasteiger partial charge in [-0.15, -0.1) is 0 Å². The maximum Gasteiger partial charge on any atom is 0.132 e. The van der Waals surface area contributed by atoms with Gasteiger partial charge in [-0.05, 0) is 43.3 Å². The Labute approximate surface area is 108 Å². The van der Waals surface area contributed by atoms with Gasteiger partial charge in [-0.1, -0.05) is 18.2 Å². The third-order valence-electron chi connectivity index (χ3n) is 2.92. The predicted octanol–water partition coefficient (Wildman–Crippen LogP) is 2.88. The van der Waals surface area contributed by atoms with Crippen LogP contribution in [-0.2, 0) is 6.54 Å². The van der Waals surface area contributed by atoms with Crippen LogP contribution in [0.3, 0.4) is 0 Å². The van der Waals surface area contributed by atoms with E-state index in [2.05, 4.69) is 58.5 Å². The SMILES string of the molecule is CNCc1ccc(N(C)c2cccc(C)c2)nc1. The maximum absolute atomic E-state index is 4.49. The third-order valence-corrected chi connectivity index (χ3v) is 2.92. The van der Waals surface area contributed by atoms with E-state index < -0.39 is 0 Å². The number of pyridine rings is 1. The molecule has 0 bridgehead atoms. The minimum atomic E-state index is 0.849. The van der Waals surface area contributed by atoms with Gasteiger partial charge in [0.25, 0.3) is 0 Å². The molecule has 3 nitrogen and oxygen atoms in total. The zero-order valence-corrected chi connectivity index (χ0v) is 11.1. The maximum atomic E-state index is 4.49. The Morgan fingerprint density at radius 1 is 1.22 bits per heavy atom. The van der Waals surface area contributed by atoms with Crippen molar-refractivity contribution >= 4 is 11.5 Å². The summed E-state index contributed by atoms with van der Waals surface area (Å²) in [5.41, 5.74) is 3.61. The van der Waals surface area contributed by atoms with Gasteiger partial charge in [0.05, 0.1) is 0 Å². The number of nitrogens with one attached hydrogen (secondary N) is 1. The molecule has 0 unspecified atom stereocenters. The molecule has 1 heterocycles. The molecule has 0 amide bonds. The van der Waals surface area contributed by atoms with Crippen LogP contribution in [0.2, 0.25) is 0 Å². The minimum Gasteiger partial charge on any atom is -0.329 e. The fraction of sp³-hybridized carbons (Fsp3) is 0.267. The van der Waals surface area contributed by atoms with Crippen LogP contribution in [0, 0.1) is 6.92 Å². The number of hydrogen-bond acceptors (Lipinski definition) is 3. The Morgan fingerprint density at radius 3 is 2.67 bits per heavy atom. The molecule has 0 fully saturated rings. The van der Waals surface area contributed by atoms with E-state index >= 15 is 0 Å². The Bertz CT molecular complexity index is 505. The van der Waals surface area contributed by atoms with E-state index in [9.17, 15) is 0 Å². The monoisotopic (exact) mass is 241 g/mol. The lowest BCUT2D eigenvalue weighted by Crippen LogP contribution is -2.12. The molecule has 0 radical (unpaired) electrons. The molecule has 0 saturated carbocycles. The fourth-order valence-electron chi connectivity index (χ4n) is 1.89. The second-order valence-corrected chi connectivity index (χ2v) is 4.45. The average molecular weight is 241 g/mol. The summed E-state index contributed by atoms with van der Waals surface area (Å²) >= 11 is 0. The molecule has 0 spiro atoms.